The van der Waals surface area contributed by atoms with Crippen molar-refractivity contribution in [3.05, 3.63) is 65.7 Å². The number of hydrogen-bond donors (Lipinski definition) is 1. The highest BCUT2D eigenvalue weighted by atomic mass is 16.5. The van der Waals surface area contributed by atoms with E-state index in [4.69, 9.17) is 9.47 Å². The Morgan fingerprint density at radius 2 is 1.56 bits per heavy atom. The number of nitrogens with one attached hydrogen (secondary N) is 1. The van der Waals surface area contributed by atoms with Crippen LogP contribution in [0.3, 0.4) is 0 Å². The number of nitrogens with zero attached hydrogens (tertiary/aromatic N) is 1. The fourth-order valence-electron chi connectivity index (χ4n) is 3.22. The molecule has 1 heterocycles. The summed E-state index contributed by atoms with van der Waals surface area (Å²) in [6, 6.07) is 15.3. The van der Waals surface area contributed by atoms with Crippen molar-refractivity contribution in [1.29, 1.82) is 0 Å². The summed E-state index contributed by atoms with van der Waals surface area (Å²) in [5.74, 6) is 1.32. The maximum absolute atomic E-state index is 12.8. The lowest BCUT2D eigenvalue weighted by molar-refractivity contribution is -0.109. The maximum Gasteiger partial charge on any atom is 0.202 e. The molecule has 0 saturated heterocycles. The molecule has 0 spiro atoms. The minimum Gasteiger partial charge on any atom is -0.497 e. The Bertz CT molecular complexity index is 865. The van der Waals surface area contributed by atoms with Gasteiger partial charge in [-0.05, 0) is 55.3 Å². The second-order valence-corrected chi connectivity index (χ2v) is 7.01. The number of allylic oxidation sites excluding steroid dienone is 1. The van der Waals surface area contributed by atoms with E-state index in [0.717, 1.165) is 22.6 Å². The van der Waals surface area contributed by atoms with Crippen LogP contribution in [-0.2, 0) is 4.79 Å². The molecular weight excluding hydrogens is 340 g/mol. The molecule has 2 aromatic carbocycles. The van der Waals surface area contributed by atoms with Crippen LogP contribution in [0.5, 0.6) is 11.5 Å². The molecule has 3 rings (SSSR count). The molecule has 0 bridgehead atoms. The van der Waals surface area contributed by atoms with Crippen LogP contribution < -0.4 is 14.9 Å². The standard InChI is InChI=1S/C22H24N2O3/c1-22(2)20(16-8-12-18(27-4)13-9-16)21(23-24-22)19(25)14-7-15-5-10-17(26-3)11-6-15/h5-14,20,24H,1-4H3/b14-7+/t20-/m0/s1. The fraction of sp³-hybridized carbons (Fsp3) is 0.273. The van der Waals surface area contributed by atoms with Crippen LogP contribution in [0.25, 0.3) is 6.08 Å². The second kappa shape index (κ2) is 7.66. The van der Waals surface area contributed by atoms with Crippen LogP contribution in [0.15, 0.2) is 59.7 Å². The van der Waals surface area contributed by atoms with Gasteiger partial charge in [0.25, 0.3) is 0 Å². The molecule has 0 fully saturated rings. The van der Waals surface area contributed by atoms with Gasteiger partial charge in [-0.2, -0.15) is 5.10 Å². The summed E-state index contributed by atoms with van der Waals surface area (Å²) in [6.07, 6.45) is 3.36. The van der Waals surface area contributed by atoms with E-state index in [1.807, 2.05) is 62.4 Å². The Morgan fingerprint density at radius 3 is 2.11 bits per heavy atom. The van der Waals surface area contributed by atoms with E-state index in [-0.39, 0.29) is 17.2 Å². The highest BCUT2D eigenvalue weighted by Crippen LogP contribution is 2.35. The molecule has 1 aliphatic heterocycles. The largest absolute Gasteiger partial charge is 0.497 e. The number of methoxy groups -OCH3 is 2. The van der Waals surface area contributed by atoms with Crippen molar-refractivity contribution in [1.82, 2.24) is 5.43 Å². The quantitative estimate of drug-likeness (QED) is 0.792. The lowest BCUT2D eigenvalue weighted by Crippen LogP contribution is -2.39. The SMILES string of the molecule is COc1ccc(/C=C/C(=O)C2=NNC(C)(C)[C@H]2c2ccc(OC)cc2)cc1. The first-order chi connectivity index (χ1) is 12.9. The normalized spacial score (nSPS) is 18.1. The molecule has 0 amide bonds. The molecule has 140 valence electrons. The summed E-state index contributed by atoms with van der Waals surface area (Å²) >= 11 is 0. The number of ether oxygens (including phenoxy) is 2. The molecule has 5 nitrogen and oxygen atoms in total. The zero-order valence-corrected chi connectivity index (χ0v) is 16.0. The lowest BCUT2D eigenvalue weighted by atomic mass is 9.79. The summed E-state index contributed by atoms with van der Waals surface area (Å²) < 4.78 is 10.4. The molecule has 0 radical (unpaired) electrons. The van der Waals surface area contributed by atoms with Gasteiger partial charge in [-0.3, -0.25) is 4.79 Å². The Morgan fingerprint density at radius 1 is 1.00 bits per heavy atom. The number of carbonyl (C=O) groups excluding carboxylic acids is 1. The topological polar surface area (TPSA) is 59.9 Å². The van der Waals surface area contributed by atoms with Gasteiger partial charge in [-0.1, -0.05) is 30.3 Å². The number of hydrogen-bond acceptors (Lipinski definition) is 5. The van der Waals surface area contributed by atoms with Crippen LogP contribution in [0.1, 0.15) is 30.9 Å². The Kier molecular flexibility index (Phi) is 5.31. The highest BCUT2D eigenvalue weighted by Gasteiger charge is 2.41. The smallest absolute Gasteiger partial charge is 0.202 e. The van der Waals surface area contributed by atoms with E-state index in [0.29, 0.717) is 5.71 Å². The lowest BCUT2D eigenvalue weighted by Gasteiger charge is -2.27. The van der Waals surface area contributed by atoms with Gasteiger partial charge in [0.05, 0.1) is 25.7 Å². The zero-order chi connectivity index (χ0) is 19.4. The van der Waals surface area contributed by atoms with Gasteiger partial charge >= 0.3 is 0 Å². The molecule has 1 aliphatic rings. The number of rotatable bonds is 6. The van der Waals surface area contributed by atoms with Crippen molar-refractivity contribution >= 4 is 17.6 Å². The number of hydrazone groups is 1. The molecular formula is C22H24N2O3. The number of benzene rings is 2. The third-order valence-electron chi connectivity index (χ3n) is 4.70. The van der Waals surface area contributed by atoms with E-state index in [2.05, 4.69) is 10.5 Å². The molecule has 1 N–H and O–H groups in total. The first kappa shape index (κ1) is 18.7. The van der Waals surface area contributed by atoms with Gasteiger partial charge in [0.15, 0.2) is 0 Å². The minimum atomic E-state index is -0.354. The summed E-state index contributed by atoms with van der Waals surface area (Å²) in [5, 5.41) is 4.34. The maximum atomic E-state index is 12.8. The number of ketones is 1. The van der Waals surface area contributed by atoms with Crippen molar-refractivity contribution in [2.24, 2.45) is 5.10 Å². The van der Waals surface area contributed by atoms with E-state index in [9.17, 15) is 4.79 Å². The molecule has 1 atom stereocenters. The van der Waals surface area contributed by atoms with Crippen molar-refractivity contribution in [3.8, 4) is 11.5 Å². The summed E-state index contributed by atoms with van der Waals surface area (Å²) in [7, 11) is 3.26. The molecule has 0 saturated carbocycles. The first-order valence-electron chi connectivity index (χ1n) is 8.80. The van der Waals surface area contributed by atoms with Crippen molar-refractivity contribution in [3.63, 3.8) is 0 Å². The molecule has 0 unspecified atom stereocenters. The van der Waals surface area contributed by atoms with Gasteiger partial charge in [0.2, 0.25) is 5.78 Å². The van der Waals surface area contributed by atoms with Crippen LogP contribution >= 0.6 is 0 Å². The minimum absolute atomic E-state index is 0.107. The molecule has 0 aromatic heterocycles. The second-order valence-electron chi connectivity index (χ2n) is 7.01. The molecule has 5 heteroatoms. The van der Waals surface area contributed by atoms with E-state index in [1.54, 1.807) is 26.4 Å². The summed E-state index contributed by atoms with van der Waals surface area (Å²) in [6.45, 7) is 4.08. The van der Waals surface area contributed by atoms with E-state index >= 15 is 0 Å². The van der Waals surface area contributed by atoms with Gasteiger partial charge < -0.3 is 14.9 Å². The van der Waals surface area contributed by atoms with E-state index < -0.39 is 0 Å². The molecule has 0 aliphatic carbocycles. The van der Waals surface area contributed by atoms with Crippen LogP contribution in [0, 0.1) is 0 Å². The Balaban J connectivity index is 1.82. The predicted molar refractivity (Wildman–Crippen MR) is 107 cm³/mol. The fourth-order valence-corrected chi connectivity index (χ4v) is 3.22. The average Bonchev–Trinajstić information content (AvgIpc) is 3.01. The number of carbonyl (C=O) groups is 1. The van der Waals surface area contributed by atoms with Crippen LogP contribution in [0.4, 0.5) is 0 Å². The zero-order valence-electron chi connectivity index (χ0n) is 16.0. The first-order valence-corrected chi connectivity index (χ1v) is 8.80. The summed E-state index contributed by atoms with van der Waals surface area (Å²) in [5.41, 5.74) is 5.21. The van der Waals surface area contributed by atoms with E-state index in [1.165, 1.54) is 0 Å². The molecule has 2 aromatic rings. The third-order valence-corrected chi connectivity index (χ3v) is 4.70. The third kappa shape index (κ3) is 4.03. The predicted octanol–water partition coefficient (Wildman–Crippen LogP) is 3.81. The Labute approximate surface area is 159 Å². The van der Waals surface area contributed by atoms with Gasteiger partial charge in [-0.15, -0.1) is 0 Å². The molecule has 27 heavy (non-hydrogen) atoms. The van der Waals surface area contributed by atoms with Gasteiger partial charge in [-0.25, -0.2) is 0 Å². The van der Waals surface area contributed by atoms with Crippen molar-refractivity contribution in [2.45, 2.75) is 25.3 Å². The summed E-state index contributed by atoms with van der Waals surface area (Å²) in [4.78, 5) is 12.8. The van der Waals surface area contributed by atoms with Crippen LogP contribution in [0.2, 0.25) is 0 Å². The van der Waals surface area contributed by atoms with Gasteiger partial charge in [0.1, 0.15) is 17.2 Å². The van der Waals surface area contributed by atoms with Crippen molar-refractivity contribution < 1.29 is 14.3 Å². The van der Waals surface area contributed by atoms with Crippen LogP contribution in [-0.4, -0.2) is 31.3 Å². The average molecular weight is 364 g/mol. The monoisotopic (exact) mass is 364 g/mol. The highest BCUT2D eigenvalue weighted by molar-refractivity contribution is 6.47. The van der Waals surface area contributed by atoms with Gasteiger partial charge in [0, 0.05) is 0 Å². The Hall–Kier alpha value is -3.08. The van der Waals surface area contributed by atoms with Crippen molar-refractivity contribution in [2.75, 3.05) is 14.2 Å².